The summed E-state index contributed by atoms with van der Waals surface area (Å²) in [5.41, 5.74) is 7.89. The van der Waals surface area contributed by atoms with Crippen LogP contribution in [0.25, 0.3) is 5.65 Å². The number of hydrogen-bond acceptors (Lipinski definition) is 5. The maximum atomic E-state index is 5.97. The van der Waals surface area contributed by atoms with Crippen molar-refractivity contribution in [3.05, 3.63) is 23.9 Å². The third-order valence-corrected chi connectivity index (χ3v) is 3.56. The summed E-state index contributed by atoms with van der Waals surface area (Å²) < 4.78 is 1.72. The average Bonchev–Trinajstić information content (AvgIpc) is 2.68. The Morgan fingerprint density at radius 1 is 1.39 bits per heavy atom. The second-order valence-electron chi connectivity index (χ2n) is 5.07. The molecular weight excluding hydrogens is 228 g/mol. The summed E-state index contributed by atoms with van der Waals surface area (Å²) in [6, 6.07) is 2.65. The summed E-state index contributed by atoms with van der Waals surface area (Å²) in [5, 5.41) is 4.24. The lowest BCUT2D eigenvalue weighted by molar-refractivity contribution is 0.166. The van der Waals surface area contributed by atoms with Crippen molar-refractivity contribution in [3.63, 3.8) is 0 Å². The first-order valence-electron chi connectivity index (χ1n) is 6.28. The number of aromatic nitrogens is 4. The number of nitrogens with two attached hydrogens (primary N) is 1. The van der Waals surface area contributed by atoms with E-state index in [1.807, 2.05) is 13.0 Å². The molecule has 6 heteroatoms. The van der Waals surface area contributed by atoms with Gasteiger partial charge in [0, 0.05) is 18.7 Å². The fraction of sp³-hybridized carbons (Fsp3) is 0.583. The molecule has 0 aliphatic carbocycles. The first-order chi connectivity index (χ1) is 8.63. The molecule has 3 rings (SSSR count). The number of rotatable bonds is 1. The van der Waals surface area contributed by atoms with Gasteiger partial charge in [-0.3, -0.25) is 4.90 Å². The van der Waals surface area contributed by atoms with E-state index in [1.165, 1.54) is 0 Å². The van der Waals surface area contributed by atoms with E-state index in [9.17, 15) is 0 Å². The zero-order valence-corrected chi connectivity index (χ0v) is 10.7. The van der Waals surface area contributed by atoms with Gasteiger partial charge in [0.15, 0.2) is 5.65 Å². The van der Waals surface area contributed by atoms with Crippen molar-refractivity contribution < 1.29 is 0 Å². The highest BCUT2D eigenvalue weighted by molar-refractivity contribution is 5.38. The highest BCUT2D eigenvalue weighted by Crippen LogP contribution is 2.27. The van der Waals surface area contributed by atoms with Crippen LogP contribution in [0.15, 0.2) is 12.4 Å². The Kier molecular flexibility index (Phi) is 2.76. The highest BCUT2D eigenvalue weighted by atomic mass is 15.3. The standard InChI is InChI=1S/C12H18N6/c1-8-15-12-5-10(14-7-18(12)16-8)11-4-3-9(13)6-17(11)2/h5,7,9,11H,3-4,6,13H2,1-2H3. The molecule has 6 nitrogen and oxygen atoms in total. The predicted octanol–water partition coefficient (Wildman–Crippen LogP) is 0.527. The molecular formula is C12H18N6. The first-order valence-corrected chi connectivity index (χ1v) is 6.28. The summed E-state index contributed by atoms with van der Waals surface area (Å²) in [6.07, 6.45) is 3.84. The van der Waals surface area contributed by atoms with Crippen LogP contribution in [0.5, 0.6) is 0 Å². The summed E-state index contributed by atoms with van der Waals surface area (Å²) in [5.74, 6) is 0.771. The Bertz CT molecular complexity index is 563. The summed E-state index contributed by atoms with van der Waals surface area (Å²) in [7, 11) is 2.10. The van der Waals surface area contributed by atoms with Gasteiger partial charge in [-0.2, -0.15) is 5.10 Å². The number of hydrogen-bond donors (Lipinski definition) is 1. The van der Waals surface area contributed by atoms with Gasteiger partial charge in [-0.15, -0.1) is 0 Å². The van der Waals surface area contributed by atoms with Crippen LogP contribution in [0.1, 0.15) is 30.4 Å². The molecule has 96 valence electrons. The lowest BCUT2D eigenvalue weighted by Gasteiger charge is -2.35. The molecule has 1 saturated heterocycles. The largest absolute Gasteiger partial charge is 0.327 e. The molecule has 0 bridgehead atoms. The van der Waals surface area contributed by atoms with E-state index < -0.39 is 0 Å². The molecule has 0 aromatic carbocycles. The second kappa shape index (κ2) is 4.29. The van der Waals surface area contributed by atoms with Gasteiger partial charge in [-0.25, -0.2) is 14.5 Å². The van der Waals surface area contributed by atoms with Crippen molar-refractivity contribution in [2.24, 2.45) is 5.73 Å². The smallest absolute Gasteiger partial charge is 0.159 e. The number of piperidine rings is 1. The van der Waals surface area contributed by atoms with Crippen LogP contribution in [-0.2, 0) is 0 Å². The van der Waals surface area contributed by atoms with Crippen LogP contribution in [0.2, 0.25) is 0 Å². The van der Waals surface area contributed by atoms with Gasteiger partial charge in [0.25, 0.3) is 0 Å². The van der Waals surface area contributed by atoms with E-state index in [1.54, 1.807) is 10.8 Å². The van der Waals surface area contributed by atoms with E-state index in [4.69, 9.17) is 5.73 Å². The first kappa shape index (κ1) is 11.6. The number of nitrogens with zero attached hydrogens (tertiary/aromatic N) is 5. The topological polar surface area (TPSA) is 72.3 Å². The number of fused-ring (bicyclic) bond motifs is 1. The number of likely N-dealkylation sites (tertiary alicyclic amines) is 1. The van der Waals surface area contributed by atoms with E-state index in [2.05, 4.69) is 27.0 Å². The monoisotopic (exact) mass is 246 g/mol. The van der Waals surface area contributed by atoms with Crippen LogP contribution in [0, 0.1) is 6.92 Å². The third-order valence-electron chi connectivity index (χ3n) is 3.56. The van der Waals surface area contributed by atoms with Gasteiger partial charge in [0.2, 0.25) is 0 Å². The van der Waals surface area contributed by atoms with E-state index in [0.717, 1.165) is 36.6 Å². The van der Waals surface area contributed by atoms with E-state index >= 15 is 0 Å². The number of likely N-dealkylation sites (N-methyl/N-ethyl adjacent to an activating group) is 1. The lowest BCUT2D eigenvalue weighted by Crippen LogP contribution is -2.42. The van der Waals surface area contributed by atoms with Crippen molar-refractivity contribution in [1.82, 2.24) is 24.5 Å². The number of aryl methyl sites for hydroxylation is 1. The third kappa shape index (κ3) is 1.97. The molecule has 2 unspecified atom stereocenters. The van der Waals surface area contributed by atoms with Crippen LogP contribution in [-0.4, -0.2) is 44.1 Å². The minimum atomic E-state index is 0.283. The summed E-state index contributed by atoms with van der Waals surface area (Å²) in [6.45, 7) is 2.81. The minimum absolute atomic E-state index is 0.283. The van der Waals surface area contributed by atoms with Gasteiger partial charge < -0.3 is 5.73 Å². The molecule has 0 spiro atoms. The maximum absolute atomic E-state index is 5.97. The molecule has 2 N–H and O–H groups in total. The SMILES string of the molecule is Cc1nc2cc(C3CCC(N)CN3C)ncn2n1. The molecule has 0 radical (unpaired) electrons. The highest BCUT2D eigenvalue weighted by Gasteiger charge is 2.26. The second-order valence-corrected chi connectivity index (χ2v) is 5.07. The Hall–Kier alpha value is -1.53. The van der Waals surface area contributed by atoms with E-state index in [0.29, 0.717) is 6.04 Å². The fourth-order valence-electron chi connectivity index (χ4n) is 2.66. The van der Waals surface area contributed by atoms with Gasteiger partial charge >= 0.3 is 0 Å². The van der Waals surface area contributed by atoms with Gasteiger partial charge in [-0.1, -0.05) is 0 Å². The molecule has 1 aliphatic heterocycles. The van der Waals surface area contributed by atoms with Crippen LogP contribution >= 0.6 is 0 Å². The molecule has 1 fully saturated rings. The van der Waals surface area contributed by atoms with Crippen LogP contribution in [0.3, 0.4) is 0 Å². The fourth-order valence-corrected chi connectivity index (χ4v) is 2.66. The molecule has 2 atom stereocenters. The molecule has 3 heterocycles. The molecule has 2 aromatic heterocycles. The average molecular weight is 246 g/mol. The zero-order chi connectivity index (χ0) is 12.7. The summed E-state index contributed by atoms with van der Waals surface area (Å²) >= 11 is 0. The lowest BCUT2D eigenvalue weighted by atomic mass is 9.97. The van der Waals surface area contributed by atoms with Gasteiger partial charge in [0.05, 0.1) is 11.7 Å². The van der Waals surface area contributed by atoms with Crippen molar-refractivity contribution in [1.29, 1.82) is 0 Å². The van der Waals surface area contributed by atoms with Crippen LogP contribution < -0.4 is 5.73 Å². The van der Waals surface area contributed by atoms with Crippen molar-refractivity contribution in [2.75, 3.05) is 13.6 Å². The summed E-state index contributed by atoms with van der Waals surface area (Å²) in [4.78, 5) is 11.1. The maximum Gasteiger partial charge on any atom is 0.159 e. The molecule has 0 amide bonds. The molecule has 18 heavy (non-hydrogen) atoms. The zero-order valence-electron chi connectivity index (χ0n) is 10.7. The predicted molar refractivity (Wildman–Crippen MR) is 68.1 cm³/mol. The normalized spacial score (nSPS) is 25.7. The molecule has 0 saturated carbocycles. The quantitative estimate of drug-likeness (QED) is 0.794. The van der Waals surface area contributed by atoms with Gasteiger partial charge in [0.1, 0.15) is 12.2 Å². The Morgan fingerprint density at radius 2 is 2.22 bits per heavy atom. The van der Waals surface area contributed by atoms with Crippen molar-refractivity contribution in [3.8, 4) is 0 Å². The minimum Gasteiger partial charge on any atom is -0.327 e. The van der Waals surface area contributed by atoms with E-state index in [-0.39, 0.29) is 6.04 Å². The Balaban J connectivity index is 1.93. The Morgan fingerprint density at radius 3 is 3.00 bits per heavy atom. The molecule has 1 aliphatic rings. The molecule has 2 aromatic rings. The van der Waals surface area contributed by atoms with Crippen LogP contribution in [0.4, 0.5) is 0 Å². The van der Waals surface area contributed by atoms with Gasteiger partial charge in [-0.05, 0) is 26.8 Å². The Labute approximate surface area is 106 Å². The van der Waals surface area contributed by atoms with Crippen molar-refractivity contribution in [2.45, 2.75) is 31.8 Å². The van der Waals surface area contributed by atoms with Crippen molar-refractivity contribution >= 4 is 5.65 Å².